The van der Waals surface area contributed by atoms with Gasteiger partial charge in [0, 0.05) is 25.5 Å². The molecule has 0 aliphatic carbocycles. The molecular weight excluding hydrogens is 316 g/mol. The summed E-state index contributed by atoms with van der Waals surface area (Å²) < 4.78 is 0. The maximum atomic E-state index is 12.4. The topological polar surface area (TPSA) is 74.3 Å². The molecule has 2 rings (SSSR count). The van der Waals surface area contributed by atoms with Gasteiger partial charge in [0.15, 0.2) is 0 Å². The van der Waals surface area contributed by atoms with Gasteiger partial charge < -0.3 is 15.5 Å². The molecule has 132 valence electrons. The van der Waals surface area contributed by atoms with Crippen molar-refractivity contribution in [3.05, 3.63) is 59.9 Å². The highest BCUT2D eigenvalue weighted by Crippen LogP contribution is 2.16. The van der Waals surface area contributed by atoms with E-state index in [-0.39, 0.29) is 11.8 Å². The highest BCUT2D eigenvalue weighted by molar-refractivity contribution is 6.08. The number of aromatic nitrogens is 1. The lowest BCUT2D eigenvalue weighted by molar-refractivity contribution is 0.0950. The Morgan fingerprint density at radius 2 is 1.80 bits per heavy atom. The molecule has 6 nitrogen and oxygen atoms in total. The van der Waals surface area contributed by atoms with Gasteiger partial charge in [-0.1, -0.05) is 26.0 Å². The number of rotatable bonds is 8. The zero-order valence-electron chi connectivity index (χ0n) is 14.7. The highest BCUT2D eigenvalue weighted by atomic mass is 16.2. The predicted molar refractivity (Wildman–Crippen MR) is 98.8 cm³/mol. The third-order valence-electron chi connectivity index (χ3n) is 3.95. The van der Waals surface area contributed by atoms with E-state index in [0.29, 0.717) is 23.4 Å². The van der Waals surface area contributed by atoms with E-state index in [1.807, 2.05) is 0 Å². The van der Waals surface area contributed by atoms with E-state index in [4.69, 9.17) is 0 Å². The Hall–Kier alpha value is -2.73. The first kappa shape index (κ1) is 18.6. The molecule has 0 atom stereocenters. The summed E-state index contributed by atoms with van der Waals surface area (Å²) in [5, 5.41) is 5.69. The lowest BCUT2D eigenvalue weighted by Crippen LogP contribution is -2.35. The molecule has 0 aliphatic heterocycles. The van der Waals surface area contributed by atoms with Crippen molar-refractivity contribution in [1.82, 2.24) is 15.2 Å². The van der Waals surface area contributed by atoms with Crippen molar-refractivity contribution in [2.45, 2.75) is 13.8 Å². The second kappa shape index (κ2) is 9.54. The molecule has 2 amide bonds. The fourth-order valence-electron chi connectivity index (χ4n) is 2.44. The number of benzene rings is 1. The van der Waals surface area contributed by atoms with Crippen LogP contribution in [0.5, 0.6) is 0 Å². The maximum absolute atomic E-state index is 12.4. The van der Waals surface area contributed by atoms with Gasteiger partial charge in [-0.25, -0.2) is 0 Å². The number of hydrogen-bond donors (Lipinski definition) is 2. The molecule has 0 spiro atoms. The summed E-state index contributed by atoms with van der Waals surface area (Å²) in [4.78, 5) is 30.9. The van der Waals surface area contributed by atoms with Crippen molar-refractivity contribution in [2.75, 3.05) is 31.5 Å². The summed E-state index contributed by atoms with van der Waals surface area (Å²) in [6.45, 7) is 7.44. The molecule has 0 saturated carbocycles. The van der Waals surface area contributed by atoms with Gasteiger partial charge >= 0.3 is 0 Å². The Morgan fingerprint density at radius 1 is 1.04 bits per heavy atom. The minimum atomic E-state index is -0.295. The number of para-hydroxylation sites is 1. The second-order valence-electron chi connectivity index (χ2n) is 5.52. The first-order valence-corrected chi connectivity index (χ1v) is 8.46. The quantitative estimate of drug-likeness (QED) is 0.774. The lowest BCUT2D eigenvalue weighted by Gasteiger charge is -2.18. The third kappa shape index (κ3) is 5.39. The standard InChI is InChI=1S/C19H24N4O2/c1-3-23(4-2)13-12-21-19(25)16-9-5-6-10-17(16)22-18(24)15-8-7-11-20-14-15/h5-11,14H,3-4,12-13H2,1-2H3,(H,21,25)(H,22,24). The molecule has 2 aromatic rings. The minimum absolute atomic E-state index is 0.200. The van der Waals surface area contributed by atoms with Crippen molar-refractivity contribution in [2.24, 2.45) is 0 Å². The number of carbonyl (C=O) groups is 2. The van der Waals surface area contributed by atoms with Gasteiger partial charge in [0.2, 0.25) is 0 Å². The van der Waals surface area contributed by atoms with Crippen LogP contribution in [0, 0.1) is 0 Å². The molecule has 25 heavy (non-hydrogen) atoms. The number of nitrogens with one attached hydrogen (secondary N) is 2. The van der Waals surface area contributed by atoms with Gasteiger partial charge in [-0.05, 0) is 37.4 Å². The SMILES string of the molecule is CCN(CC)CCNC(=O)c1ccccc1NC(=O)c1cccnc1. The smallest absolute Gasteiger partial charge is 0.257 e. The molecule has 0 aliphatic rings. The van der Waals surface area contributed by atoms with Gasteiger partial charge in [-0.3, -0.25) is 14.6 Å². The van der Waals surface area contributed by atoms with E-state index in [1.54, 1.807) is 42.6 Å². The monoisotopic (exact) mass is 340 g/mol. The normalized spacial score (nSPS) is 10.5. The number of nitrogens with zero attached hydrogens (tertiary/aromatic N) is 2. The molecule has 6 heteroatoms. The highest BCUT2D eigenvalue weighted by Gasteiger charge is 2.14. The number of anilines is 1. The largest absolute Gasteiger partial charge is 0.351 e. The zero-order valence-corrected chi connectivity index (χ0v) is 14.7. The number of hydrogen-bond acceptors (Lipinski definition) is 4. The Morgan fingerprint density at radius 3 is 2.48 bits per heavy atom. The van der Waals surface area contributed by atoms with Crippen LogP contribution in [0.4, 0.5) is 5.69 Å². The Bertz CT molecular complexity index is 700. The maximum Gasteiger partial charge on any atom is 0.257 e. The number of pyridine rings is 1. The van der Waals surface area contributed by atoms with Crippen LogP contribution in [0.3, 0.4) is 0 Å². The Labute approximate surface area is 148 Å². The molecule has 1 aromatic carbocycles. The molecule has 1 aromatic heterocycles. The average Bonchev–Trinajstić information content (AvgIpc) is 2.66. The lowest BCUT2D eigenvalue weighted by atomic mass is 10.1. The Balaban J connectivity index is 2.02. The third-order valence-corrected chi connectivity index (χ3v) is 3.95. The average molecular weight is 340 g/mol. The van der Waals surface area contributed by atoms with Gasteiger partial charge in [-0.2, -0.15) is 0 Å². The van der Waals surface area contributed by atoms with E-state index in [0.717, 1.165) is 19.6 Å². The van der Waals surface area contributed by atoms with Gasteiger partial charge in [0.05, 0.1) is 16.8 Å². The van der Waals surface area contributed by atoms with E-state index in [1.165, 1.54) is 6.20 Å². The van der Waals surface area contributed by atoms with Crippen LogP contribution in [-0.4, -0.2) is 47.9 Å². The second-order valence-corrected chi connectivity index (χ2v) is 5.52. The number of likely N-dealkylation sites (N-methyl/N-ethyl adjacent to an activating group) is 1. The molecule has 0 saturated heterocycles. The van der Waals surface area contributed by atoms with Crippen LogP contribution in [0.15, 0.2) is 48.8 Å². The zero-order chi connectivity index (χ0) is 18.1. The summed E-state index contributed by atoms with van der Waals surface area (Å²) in [5.41, 5.74) is 1.37. The molecule has 0 unspecified atom stereocenters. The van der Waals surface area contributed by atoms with Crippen molar-refractivity contribution in [3.63, 3.8) is 0 Å². The number of carbonyl (C=O) groups excluding carboxylic acids is 2. The van der Waals surface area contributed by atoms with Crippen LogP contribution in [0.25, 0.3) is 0 Å². The van der Waals surface area contributed by atoms with Crippen molar-refractivity contribution in [3.8, 4) is 0 Å². The molecule has 1 heterocycles. The minimum Gasteiger partial charge on any atom is -0.351 e. The first-order chi connectivity index (χ1) is 12.2. The first-order valence-electron chi connectivity index (χ1n) is 8.46. The van der Waals surface area contributed by atoms with Crippen LogP contribution < -0.4 is 10.6 Å². The van der Waals surface area contributed by atoms with Crippen LogP contribution in [-0.2, 0) is 0 Å². The van der Waals surface area contributed by atoms with Gasteiger partial charge in [0.25, 0.3) is 11.8 Å². The van der Waals surface area contributed by atoms with E-state index >= 15 is 0 Å². The summed E-state index contributed by atoms with van der Waals surface area (Å²) >= 11 is 0. The van der Waals surface area contributed by atoms with Crippen LogP contribution >= 0.6 is 0 Å². The van der Waals surface area contributed by atoms with Crippen molar-refractivity contribution < 1.29 is 9.59 Å². The van der Waals surface area contributed by atoms with Gasteiger partial charge in [0.1, 0.15) is 0 Å². The fraction of sp³-hybridized carbons (Fsp3) is 0.316. The predicted octanol–water partition coefficient (Wildman–Crippen LogP) is 2.41. The van der Waals surface area contributed by atoms with Gasteiger partial charge in [-0.15, -0.1) is 0 Å². The molecule has 0 bridgehead atoms. The fourth-order valence-corrected chi connectivity index (χ4v) is 2.44. The van der Waals surface area contributed by atoms with Crippen LogP contribution in [0.1, 0.15) is 34.6 Å². The molecule has 0 fully saturated rings. The molecule has 2 N–H and O–H groups in total. The van der Waals surface area contributed by atoms with Crippen LogP contribution in [0.2, 0.25) is 0 Å². The Kier molecular flexibility index (Phi) is 7.10. The van der Waals surface area contributed by atoms with E-state index in [2.05, 4.69) is 34.4 Å². The summed E-state index contributed by atoms with van der Waals surface area (Å²) in [6, 6.07) is 10.3. The molecular formula is C19H24N4O2. The summed E-state index contributed by atoms with van der Waals surface area (Å²) in [7, 11) is 0. The van der Waals surface area contributed by atoms with Crippen molar-refractivity contribution in [1.29, 1.82) is 0 Å². The van der Waals surface area contributed by atoms with Crippen molar-refractivity contribution >= 4 is 17.5 Å². The number of amides is 2. The van der Waals surface area contributed by atoms with E-state index in [9.17, 15) is 9.59 Å². The summed E-state index contributed by atoms with van der Waals surface area (Å²) in [6.07, 6.45) is 3.09. The van der Waals surface area contributed by atoms with E-state index < -0.39 is 0 Å². The molecule has 0 radical (unpaired) electrons. The summed E-state index contributed by atoms with van der Waals surface area (Å²) in [5.74, 6) is -0.495.